The smallest absolute Gasteiger partial charge is 0.329 e. The van der Waals surface area contributed by atoms with E-state index in [0.717, 1.165) is 5.56 Å². The zero-order valence-electron chi connectivity index (χ0n) is 32.9. The van der Waals surface area contributed by atoms with E-state index in [-0.39, 0.29) is 35.9 Å². The number of pyridine rings is 1. The highest BCUT2D eigenvalue weighted by Gasteiger charge is 2.23. The second kappa shape index (κ2) is 19.1. The summed E-state index contributed by atoms with van der Waals surface area (Å²) in [5.74, 6) is 0.476. The maximum absolute atomic E-state index is 13.5. The molecule has 1 atom stereocenters. The molecule has 0 spiro atoms. The van der Waals surface area contributed by atoms with Crippen molar-refractivity contribution in [3.8, 4) is 23.0 Å². The van der Waals surface area contributed by atoms with E-state index in [1.54, 1.807) is 36.6 Å². The van der Waals surface area contributed by atoms with Gasteiger partial charge in [0.25, 0.3) is 0 Å². The minimum atomic E-state index is -3.80. The molecule has 58 heavy (non-hydrogen) atoms. The van der Waals surface area contributed by atoms with Crippen molar-refractivity contribution in [2.75, 3.05) is 68.6 Å². The van der Waals surface area contributed by atoms with E-state index in [0.29, 0.717) is 61.5 Å². The average Bonchev–Trinajstić information content (AvgIpc) is 3.17. The highest BCUT2D eigenvalue weighted by atomic mass is 32.2. The minimum Gasteiger partial charge on any atom is -0.497 e. The molecule has 17 heteroatoms. The number of hydrogen-bond acceptors (Lipinski definition) is 12. The molecule has 1 aromatic heterocycles. The van der Waals surface area contributed by atoms with Crippen molar-refractivity contribution in [2.24, 2.45) is 0 Å². The number of rotatable bonds is 18. The molecule has 0 saturated carbocycles. The molecule has 0 fully saturated rings. The summed E-state index contributed by atoms with van der Waals surface area (Å²) < 4.78 is 66.5. The third-order valence-electron chi connectivity index (χ3n) is 8.62. The lowest BCUT2D eigenvalue weighted by Gasteiger charge is -2.23. The number of aromatic nitrogens is 1. The fourth-order valence-electron chi connectivity index (χ4n) is 5.72. The van der Waals surface area contributed by atoms with Crippen molar-refractivity contribution in [1.82, 2.24) is 4.98 Å². The molecule has 0 aliphatic rings. The fraction of sp³-hybridized carbons (Fsp3) is 0.293. The molecule has 4 aromatic carbocycles. The van der Waals surface area contributed by atoms with Crippen molar-refractivity contribution in [3.63, 3.8) is 0 Å². The van der Waals surface area contributed by atoms with E-state index in [1.165, 1.54) is 32.5 Å². The first-order valence-corrected chi connectivity index (χ1v) is 21.1. The van der Waals surface area contributed by atoms with E-state index in [1.807, 2.05) is 57.2 Å². The van der Waals surface area contributed by atoms with Crippen molar-refractivity contribution < 1.29 is 51.0 Å². The zero-order chi connectivity index (χ0) is 42.0. The molecule has 5 aromatic rings. The van der Waals surface area contributed by atoms with Gasteiger partial charge < -0.3 is 44.7 Å². The monoisotopic (exact) mass is 834 g/mol. The highest BCUT2D eigenvalue weighted by molar-refractivity contribution is 7.91. The van der Waals surface area contributed by atoms with Crippen molar-refractivity contribution >= 4 is 66.3 Å². The molecule has 5 rings (SSSR count). The summed E-state index contributed by atoms with van der Waals surface area (Å²) in [5, 5.41) is 19.0. The topological polar surface area (TPSA) is 201 Å². The first-order chi connectivity index (χ1) is 27.6. The summed E-state index contributed by atoms with van der Waals surface area (Å²) in [7, 11) is -2.28. The molecule has 1 unspecified atom stereocenters. The van der Waals surface area contributed by atoms with Crippen LogP contribution in [0.1, 0.15) is 26.3 Å². The van der Waals surface area contributed by atoms with Crippen LogP contribution in [-0.2, 0) is 40.3 Å². The number of carboxylic acids is 1. The summed E-state index contributed by atoms with van der Waals surface area (Å²) in [6.45, 7) is 5.56. The normalized spacial score (nSPS) is 12.1. The number of carbonyl (C=O) groups excluding carboxylic acids is 1. The molecule has 2 amide bonds. The van der Waals surface area contributed by atoms with Gasteiger partial charge in [0.15, 0.2) is 15.6 Å². The van der Waals surface area contributed by atoms with E-state index >= 15 is 0 Å². The summed E-state index contributed by atoms with van der Waals surface area (Å²) in [6.07, 6.45) is 3.10. The highest BCUT2D eigenvalue weighted by Crippen LogP contribution is 2.38. The lowest BCUT2D eigenvalue weighted by molar-refractivity contribution is -0.142. The van der Waals surface area contributed by atoms with Crippen LogP contribution < -0.4 is 30.2 Å². The molecule has 308 valence electrons. The van der Waals surface area contributed by atoms with Gasteiger partial charge in [-0.3, -0.25) is 4.21 Å². The number of methoxy groups -OCH3 is 2. The summed E-state index contributed by atoms with van der Waals surface area (Å²) >= 11 is 0. The van der Waals surface area contributed by atoms with Gasteiger partial charge in [-0.05, 0) is 53.4 Å². The lowest BCUT2D eigenvalue weighted by Crippen LogP contribution is -2.21. The van der Waals surface area contributed by atoms with Crippen molar-refractivity contribution in [3.05, 3.63) is 90.6 Å². The van der Waals surface area contributed by atoms with Gasteiger partial charge in [-0.15, -0.1) is 0 Å². The van der Waals surface area contributed by atoms with Gasteiger partial charge in [-0.2, -0.15) is 0 Å². The first-order valence-electron chi connectivity index (χ1n) is 17.9. The third-order valence-corrected chi connectivity index (χ3v) is 11.2. The second-order valence-corrected chi connectivity index (χ2v) is 17.3. The molecule has 1 heterocycles. The Labute approximate surface area is 339 Å². The Morgan fingerprint density at radius 3 is 2.24 bits per heavy atom. The Morgan fingerprint density at radius 2 is 1.55 bits per heavy atom. The molecule has 15 nitrogen and oxygen atoms in total. The SMILES string of the molecule is COc1cc(Nc2cc(Oc3ccc(NC(=O)Nc4cc(C(C)(C)C)cc(S(C)=O)c4OC)c4ccccc34)ccn2)cc(S(=O)(=O)CCOCCOCC(=O)O)c1. The fourth-order valence-corrected chi connectivity index (χ4v) is 7.65. The largest absolute Gasteiger partial charge is 0.497 e. The van der Waals surface area contributed by atoms with Gasteiger partial charge in [0.05, 0.1) is 71.8 Å². The predicted molar refractivity (Wildman–Crippen MR) is 223 cm³/mol. The van der Waals surface area contributed by atoms with Crippen LogP contribution in [0.3, 0.4) is 0 Å². The third kappa shape index (κ3) is 11.4. The number of amides is 2. The average molecular weight is 835 g/mol. The van der Waals surface area contributed by atoms with Crippen LogP contribution in [0.25, 0.3) is 10.8 Å². The number of carbonyl (C=O) groups is 2. The molecule has 0 aliphatic heterocycles. The Balaban J connectivity index is 1.31. The molecule has 0 saturated heterocycles. The summed E-state index contributed by atoms with van der Waals surface area (Å²) in [6, 6.07) is 21.8. The van der Waals surface area contributed by atoms with Crippen LogP contribution in [0.5, 0.6) is 23.0 Å². The number of urea groups is 1. The number of sulfone groups is 1. The van der Waals surface area contributed by atoms with E-state index in [4.69, 9.17) is 28.8 Å². The number of nitrogens with one attached hydrogen (secondary N) is 3. The quantitative estimate of drug-likeness (QED) is 0.0639. The predicted octanol–water partition coefficient (Wildman–Crippen LogP) is 7.36. The minimum absolute atomic E-state index is 0.000960. The Morgan fingerprint density at radius 1 is 0.828 bits per heavy atom. The first kappa shape index (κ1) is 43.4. The molecule has 0 aliphatic carbocycles. The van der Waals surface area contributed by atoms with E-state index in [2.05, 4.69) is 20.9 Å². The number of fused-ring (bicyclic) bond motifs is 1. The molecule has 0 bridgehead atoms. The number of anilines is 4. The van der Waals surface area contributed by atoms with Gasteiger partial charge >= 0.3 is 12.0 Å². The maximum Gasteiger partial charge on any atom is 0.329 e. The van der Waals surface area contributed by atoms with Crippen LogP contribution in [0, 0.1) is 0 Å². The Kier molecular flexibility index (Phi) is 14.3. The Bertz CT molecular complexity index is 2420. The van der Waals surface area contributed by atoms with Crippen LogP contribution in [0.4, 0.5) is 27.7 Å². The van der Waals surface area contributed by atoms with Crippen LogP contribution in [0.15, 0.2) is 94.9 Å². The van der Waals surface area contributed by atoms with Crippen LogP contribution in [0.2, 0.25) is 0 Å². The molecular formula is C41H46N4O11S2. The van der Waals surface area contributed by atoms with Crippen molar-refractivity contribution in [1.29, 1.82) is 0 Å². The molecule has 0 radical (unpaired) electrons. The standard InChI is InChI=1S/C41H46N4O11S2/c1-41(2,3)26-19-34(39(53-5)36(20-26)57(6)49)45-40(48)44-33-11-12-35(32-10-8-7-9-31(32)33)56-28-13-14-42-37(24-28)43-27-21-29(52-4)23-30(22-27)58(50,51)18-17-54-15-16-55-25-38(46)47/h7-14,19-24H,15-18,25H2,1-6H3,(H,42,43)(H,46,47)(H2,44,45,48). The molecular weight excluding hydrogens is 789 g/mol. The van der Waals surface area contributed by atoms with Gasteiger partial charge in [0.2, 0.25) is 0 Å². The number of benzene rings is 4. The number of nitrogens with zero attached hydrogens (tertiary/aromatic N) is 1. The van der Waals surface area contributed by atoms with Gasteiger partial charge in [0, 0.05) is 41.0 Å². The van der Waals surface area contributed by atoms with Crippen LogP contribution >= 0.6 is 0 Å². The van der Waals surface area contributed by atoms with Gasteiger partial charge in [-0.1, -0.05) is 45.0 Å². The molecule has 4 N–H and O–H groups in total. The van der Waals surface area contributed by atoms with Crippen molar-refractivity contribution in [2.45, 2.75) is 36.0 Å². The van der Waals surface area contributed by atoms with Gasteiger partial charge in [0.1, 0.15) is 29.7 Å². The van der Waals surface area contributed by atoms with Crippen LogP contribution in [-0.4, -0.2) is 87.4 Å². The number of hydrogen-bond donors (Lipinski definition) is 4. The lowest BCUT2D eigenvalue weighted by atomic mass is 9.86. The summed E-state index contributed by atoms with van der Waals surface area (Å²) in [5.41, 5.74) is 1.90. The van der Waals surface area contributed by atoms with E-state index < -0.39 is 39.2 Å². The summed E-state index contributed by atoms with van der Waals surface area (Å²) in [4.78, 5) is 28.9. The number of ether oxygens (including phenoxy) is 5. The Hall–Kier alpha value is -5.75. The van der Waals surface area contributed by atoms with E-state index in [9.17, 15) is 22.2 Å². The maximum atomic E-state index is 13.5. The number of carboxylic acid groups (broad SMARTS) is 1. The second-order valence-electron chi connectivity index (χ2n) is 13.9. The zero-order valence-corrected chi connectivity index (χ0v) is 34.5. The van der Waals surface area contributed by atoms with Gasteiger partial charge in [-0.25, -0.2) is 23.0 Å². The number of aliphatic carboxylic acids is 1.